The lowest BCUT2D eigenvalue weighted by molar-refractivity contribution is -0.671. The summed E-state index contributed by atoms with van der Waals surface area (Å²) in [6.07, 6.45) is 19.2. The minimum atomic E-state index is 0.894. The van der Waals surface area contributed by atoms with E-state index in [0.717, 1.165) is 37.7 Å². The van der Waals surface area contributed by atoms with Crippen LogP contribution in [-0.2, 0) is 20.1 Å². The molecule has 0 fully saturated rings. The second-order valence-electron chi connectivity index (χ2n) is 12.3. The molecule has 1 aliphatic rings. The lowest BCUT2D eigenvalue weighted by Gasteiger charge is -2.26. The van der Waals surface area contributed by atoms with Crippen LogP contribution in [0.3, 0.4) is 0 Å². The summed E-state index contributed by atoms with van der Waals surface area (Å²) in [5.41, 5.74) is 10.0. The third-order valence-electron chi connectivity index (χ3n) is 8.55. The van der Waals surface area contributed by atoms with Crippen molar-refractivity contribution in [2.75, 3.05) is 34.4 Å². The molecule has 0 saturated heterocycles. The molecule has 0 amide bonds. The van der Waals surface area contributed by atoms with E-state index in [9.17, 15) is 0 Å². The Morgan fingerprint density at radius 1 is 0.560 bits per heavy atom. The third-order valence-corrected chi connectivity index (χ3v) is 10.9. The Kier molecular flexibility index (Phi) is 13.2. The summed E-state index contributed by atoms with van der Waals surface area (Å²) < 4.78 is 2.05. The largest absolute Gasteiger partial charge is 0.366 e. The molecular weight excluding hydrogens is 649 g/mol. The first-order chi connectivity index (χ1) is 24.7. The SMILES string of the molecule is C[n+]1ccc(/C=C/c2ccc(N(CCSSCCN(Cc3ccccc3)c3ccc(/C=C/C4=C[NH2+]C=C4)cc3)Cc3ccccc3)cc2)cc1. The minimum absolute atomic E-state index is 0.894. The number of aryl methyl sites for hydroxylation is 1. The number of aromatic nitrogens is 1. The maximum Gasteiger partial charge on any atom is 0.169 e. The van der Waals surface area contributed by atoms with Gasteiger partial charge in [-0.25, -0.2) is 4.57 Å². The Balaban J connectivity index is 1.03. The Morgan fingerprint density at radius 3 is 1.48 bits per heavy atom. The summed E-state index contributed by atoms with van der Waals surface area (Å²) in [6, 6.07) is 43.8. The molecule has 4 nitrogen and oxygen atoms in total. The third kappa shape index (κ3) is 11.1. The van der Waals surface area contributed by atoms with Gasteiger partial charge in [0.05, 0.1) is 6.20 Å². The highest BCUT2D eigenvalue weighted by atomic mass is 33.1. The maximum absolute atomic E-state index is 2.50. The fraction of sp³-hybridized carbons (Fsp3) is 0.159. The number of hydrogen-bond acceptors (Lipinski definition) is 4. The smallest absolute Gasteiger partial charge is 0.169 e. The molecule has 50 heavy (non-hydrogen) atoms. The summed E-state index contributed by atoms with van der Waals surface area (Å²) in [6.45, 7) is 3.76. The van der Waals surface area contributed by atoms with E-state index in [-0.39, 0.29) is 0 Å². The summed E-state index contributed by atoms with van der Waals surface area (Å²) in [5, 5.41) is 2.08. The molecule has 5 aromatic rings. The van der Waals surface area contributed by atoms with E-state index < -0.39 is 0 Å². The number of anilines is 2. The van der Waals surface area contributed by atoms with E-state index in [0.29, 0.717) is 0 Å². The van der Waals surface area contributed by atoms with Gasteiger partial charge in [-0.15, -0.1) is 0 Å². The fourth-order valence-corrected chi connectivity index (χ4v) is 7.70. The van der Waals surface area contributed by atoms with Gasteiger partial charge in [-0.1, -0.05) is 125 Å². The lowest BCUT2D eigenvalue weighted by Crippen LogP contribution is -2.69. The summed E-state index contributed by atoms with van der Waals surface area (Å²) >= 11 is 0. The molecule has 2 heterocycles. The van der Waals surface area contributed by atoms with Crippen molar-refractivity contribution in [3.05, 3.63) is 192 Å². The highest BCUT2D eigenvalue weighted by Gasteiger charge is 2.11. The number of nitrogens with zero attached hydrogens (tertiary/aromatic N) is 3. The van der Waals surface area contributed by atoms with Crippen LogP contribution < -0.4 is 19.7 Å². The van der Waals surface area contributed by atoms with Crippen molar-refractivity contribution in [3.8, 4) is 0 Å². The van der Waals surface area contributed by atoms with E-state index in [4.69, 9.17) is 0 Å². The Hall–Kier alpha value is -4.75. The summed E-state index contributed by atoms with van der Waals surface area (Å²) in [4.78, 5) is 5.01. The lowest BCUT2D eigenvalue weighted by atomic mass is 10.1. The number of benzene rings is 4. The van der Waals surface area contributed by atoms with Crippen molar-refractivity contribution in [2.24, 2.45) is 7.05 Å². The topological polar surface area (TPSA) is 27.0 Å². The van der Waals surface area contributed by atoms with E-state index in [1.54, 1.807) is 0 Å². The van der Waals surface area contributed by atoms with Crippen LogP contribution in [0.4, 0.5) is 11.4 Å². The Morgan fingerprint density at radius 2 is 1.02 bits per heavy atom. The quantitative estimate of drug-likeness (QED) is 0.0599. The molecule has 0 spiro atoms. The van der Waals surface area contributed by atoms with Crippen molar-refractivity contribution in [2.45, 2.75) is 13.1 Å². The van der Waals surface area contributed by atoms with Gasteiger partial charge in [0, 0.05) is 72.8 Å². The van der Waals surface area contributed by atoms with Crippen molar-refractivity contribution >= 4 is 51.2 Å². The predicted octanol–water partition coefficient (Wildman–Crippen LogP) is 8.76. The van der Waals surface area contributed by atoms with Gasteiger partial charge in [-0.3, -0.25) is 5.32 Å². The van der Waals surface area contributed by atoms with Gasteiger partial charge in [0.25, 0.3) is 0 Å². The number of quaternary nitrogens is 1. The van der Waals surface area contributed by atoms with Crippen LogP contribution in [0.5, 0.6) is 0 Å². The number of allylic oxidation sites excluding steroid dienone is 3. The minimum Gasteiger partial charge on any atom is -0.366 e. The molecule has 252 valence electrons. The van der Waals surface area contributed by atoms with Crippen molar-refractivity contribution in [1.82, 2.24) is 0 Å². The van der Waals surface area contributed by atoms with Crippen LogP contribution in [0.1, 0.15) is 27.8 Å². The molecular formula is C44H46N4S2+2. The zero-order valence-corrected chi connectivity index (χ0v) is 30.4. The average molecular weight is 695 g/mol. The van der Waals surface area contributed by atoms with Crippen LogP contribution in [0.2, 0.25) is 0 Å². The highest BCUT2D eigenvalue weighted by molar-refractivity contribution is 8.76. The van der Waals surface area contributed by atoms with Gasteiger partial charge >= 0.3 is 0 Å². The van der Waals surface area contributed by atoms with Crippen molar-refractivity contribution in [3.63, 3.8) is 0 Å². The van der Waals surface area contributed by atoms with Gasteiger partial charge in [0.15, 0.2) is 12.4 Å². The van der Waals surface area contributed by atoms with Gasteiger partial charge in [-0.2, -0.15) is 0 Å². The normalized spacial score (nSPS) is 12.5. The van der Waals surface area contributed by atoms with Crippen LogP contribution in [-0.4, -0.2) is 24.6 Å². The molecule has 0 saturated carbocycles. The molecule has 0 aliphatic carbocycles. The molecule has 0 atom stereocenters. The van der Waals surface area contributed by atoms with Gasteiger partial charge in [-0.05, 0) is 58.2 Å². The Labute approximate surface area is 306 Å². The van der Waals surface area contributed by atoms with Crippen LogP contribution in [0, 0.1) is 0 Å². The first kappa shape index (κ1) is 35.1. The molecule has 6 rings (SSSR count). The van der Waals surface area contributed by atoms with Crippen molar-refractivity contribution < 1.29 is 9.88 Å². The molecule has 4 aromatic carbocycles. The zero-order chi connectivity index (χ0) is 34.2. The van der Waals surface area contributed by atoms with Gasteiger partial charge < -0.3 is 9.80 Å². The second-order valence-corrected chi connectivity index (χ2v) is 15.0. The monoisotopic (exact) mass is 694 g/mol. The summed E-state index contributed by atoms with van der Waals surface area (Å²) in [7, 11) is 5.99. The maximum atomic E-state index is 2.50. The molecule has 1 aromatic heterocycles. The zero-order valence-electron chi connectivity index (χ0n) is 28.7. The number of hydrogen-bond donors (Lipinski definition) is 1. The standard InChI is InChI=1S/C44H45N4S2/c1-46-28-25-39(26-29-46)13-12-37-16-20-43(21-17-37)47(35-41-8-4-2-5-9-41)30-32-49-50-33-31-48(36-42-10-6-3-7-11-42)44-22-18-38(19-23-44)14-15-40-24-27-45-34-40/h2-29,34,45H,30-33,35-36H2,1H3/q+1/p+1/b15-14+. The number of pyridine rings is 1. The predicted molar refractivity (Wildman–Crippen MR) is 218 cm³/mol. The average Bonchev–Trinajstić information content (AvgIpc) is 3.69. The van der Waals surface area contributed by atoms with E-state index in [2.05, 4.69) is 196 Å². The van der Waals surface area contributed by atoms with Crippen molar-refractivity contribution in [1.29, 1.82) is 0 Å². The summed E-state index contributed by atoms with van der Waals surface area (Å²) in [5.74, 6) is 2.10. The fourth-order valence-electron chi connectivity index (χ4n) is 5.72. The van der Waals surface area contributed by atoms with E-state index in [1.165, 1.54) is 44.8 Å². The molecule has 6 heteroatoms. The molecule has 1 aliphatic heterocycles. The van der Waals surface area contributed by atoms with Gasteiger partial charge in [0.2, 0.25) is 0 Å². The van der Waals surface area contributed by atoms with E-state index >= 15 is 0 Å². The first-order valence-corrected chi connectivity index (χ1v) is 19.7. The van der Waals surface area contributed by atoms with Crippen LogP contribution in [0.15, 0.2) is 164 Å². The molecule has 2 N–H and O–H groups in total. The molecule has 0 unspecified atom stereocenters. The first-order valence-electron chi connectivity index (χ1n) is 17.2. The number of nitrogens with two attached hydrogens (primary N) is 1. The molecule has 0 radical (unpaired) electrons. The highest BCUT2D eigenvalue weighted by Crippen LogP contribution is 2.26. The van der Waals surface area contributed by atoms with E-state index in [1.807, 2.05) is 28.6 Å². The Bertz CT molecular complexity index is 1870. The number of rotatable bonds is 17. The van der Waals surface area contributed by atoms with Crippen LogP contribution in [0.25, 0.3) is 18.2 Å². The van der Waals surface area contributed by atoms with Crippen LogP contribution >= 0.6 is 21.6 Å². The van der Waals surface area contributed by atoms with Gasteiger partial charge in [0.1, 0.15) is 13.2 Å². The second kappa shape index (κ2) is 18.9. The molecule has 0 bridgehead atoms.